The van der Waals surface area contributed by atoms with E-state index in [1.807, 2.05) is 13.8 Å². The highest BCUT2D eigenvalue weighted by atomic mass is 32.2. The van der Waals surface area contributed by atoms with Crippen molar-refractivity contribution < 1.29 is 27.1 Å². The van der Waals surface area contributed by atoms with E-state index in [9.17, 15) is 27.1 Å². The fraction of sp³-hybridized carbons (Fsp3) is 0.500. The summed E-state index contributed by atoms with van der Waals surface area (Å²) in [5.41, 5.74) is 0.0124. The van der Waals surface area contributed by atoms with Crippen LogP contribution in [0.1, 0.15) is 74.7 Å². The molecule has 1 amide bonds. The second kappa shape index (κ2) is 9.04. The van der Waals surface area contributed by atoms with Crippen molar-refractivity contribution in [2.24, 2.45) is 11.8 Å². The minimum atomic E-state index is -3.77. The average Bonchev–Trinajstić information content (AvgIpc) is 3.63. The molecule has 2 aromatic rings. The van der Waals surface area contributed by atoms with Crippen LogP contribution in [0.15, 0.2) is 41.3 Å². The lowest BCUT2D eigenvalue weighted by Gasteiger charge is -2.45. The van der Waals surface area contributed by atoms with Crippen molar-refractivity contribution in [3.63, 3.8) is 0 Å². The molecular formula is C26H31F2NO4S. The van der Waals surface area contributed by atoms with Crippen molar-refractivity contribution in [1.29, 1.82) is 0 Å². The Balaban J connectivity index is 1.67. The summed E-state index contributed by atoms with van der Waals surface area (Å²) in [6.07, 6.45) is 3.19. The van der Waals surface area contributed by atoms with Crippen molar-refractivity contribution in [1.82, 2.24) is 0 Å². The number of hydrogen-bond acceptors (Lipinski definition) is 4. The molecule has 0 spiro atoms. The van der Waals surface area contributed by atoms with Crippen molar-refractivity contribution in [2.45, 2.75) is 74.5 Å². The first-order valence-electron chi connectivity index (χ1n) is 11.8. The van der Waals surface area contributed by atoms with E-state index in [1.165, 1.54) is 12.1 Å². The van der Waals surface area contributed by atoms with Gasteiger partial charge in [-0.15, -0.1) is 0 Å². The van der Waals surface area contributed by atoms with Gasteiger partial charge in [0.05, 0.1) is 15.7 Å². The molecule has 2 fully saturated rings. The first-order valence-corrected chi connectivity index (χ1v) is 13.4. The Kier molecular flexibility index (Phi) is 6.59. The van der Waals surface area contributed by atoms with Crippen molar-refractivity contribution >= 4 is 21.4 Å². The summed E-state index contributed by atoms with van der Waals surface area (Å²) < 4.78 is 54.5. The van der Waals surface area contributed by atoms with Gasteiger partial charge >= 0.3 is 0 Å². The summed E-state index contributed by atoms with van der Waals surface area (Å²) in [7, 11) is -3.77. The Labute approximate surface area is 199 Å². The van der Waals surface area contributed by atoms with E-state index in [0.29, 0.717) is 19.3 Å². The lowest BCUT2D eigenvalue weighted by Crippen LogP contribution is -2.49. The van der Waals surface area contributed by atoms with E-state index in [4.69, 9.17) is 0 Å². The lowest BCUT2D eigenvalue weighted by molar-refractivity contribution is -0.0729. The molecule has 2 saturated carbocycles. The van der Waals surface area contributed by atoms with E-state index < -0.39 is 38.2 Å². The predicted molar refractivity (Wildman–Crippen MR) is 127 cm³/mol. The Morgan fingerprint density at radius 3 is 2.44 bits per heavy atom. The van der Waals surface area contributed by atoms with Crippen LogP contribution in [0.25, 0.3) is 0 Å². The molecule has 0 heterocycles. The number of carbonyl (C=O) groups is 1. The Hall–Kier alpha value is -2.32. The van der Waals surface area contributed by atoms with Crippen LogP contribution >= 0.6 is 0 Å². The van der Waals surface area contributed by atoms with E-state index in [2.05, 4.69) is 5.32 Å². The van der Waals surface area contributed by atoms with Gasteiger partial charge in [0.2, 0.25) is 0 Å². The molecule has 0 aliphatic heterocycles. The highest BCUT2D eigenvalue weighted by Gasteiger charge is 2.47. The summed E-state index contributed by atoms with van der Waals surface area (Å²) in [5, 5.41) is 12.8. The normalized spacial score (nSPS) is 27.4. The number of nitrogens with one attached hydrogen (secondary N) is 1. The quantitative estimate of drug-likeness (QED) is 0.563. The van der Waals surface area contributed by atoms with Crippen LogP contribution in [0.4, 0.5) is 14.5 Å². The number of rotatable bonds is 6. The van der Waals surface area contributed by atoms with Crippen LogP contribution in [0.2, 0.25) is 0 Å². The first kappa shape index (κ1) is 24.8. The van der Waals surface area contributed by atoms with E-state index in [0.717, 1.165) is 30.5 Å². The van der Waals surface area contributed by atoms with Crippen LogP contribution < -0.4 is 5.32 Å². The van der Waals surface area contributed by atoms with E-state index >= 15 is 0 Å². The molecule has 0 bridgehead atoms. The zero-order valence-corrected chi connectivity index (χ0v) is 20.5. The highest BCUT2D eigenvalue weighted by Crippen LogP contribution is 2.47. The maximum atomic E-state index is 13.9. The van der Waals surface area contributed by atoms with E-state index in [-0.39, 0.29) is 33.9 Å². The second-order valence-electron chi connectivity index (χ2n) is 9.98. The molecule has 0 aromatic heterocycles. The van der Waals surface area contributed by atoms with E-state index in [1.54, 1.807) is 19.1 Å². The van der Waals surface area contributed by atoms with Gasteiger partial charge in [0.25, 0.3) is 5.91 Å². The molecule has 2 aromatic carbocycles. The number of amides is 1. The van der Waals surface area contributed by atoms with Crippen LogP contribution in [-0.2, 0) is 9.84 Å². The Morgan fingerprint density at radius 2 is 1.82 bits per heavy atom. The molecule has 1 unspecified atom stereocenters. The third-order valence-corrected chi connectivity index (χ3v) is 9.93. The van der Waals surface area contributed by atoms with Crippen LogP contribution in [0, 0.1) is 23.5 Å². The number of anilines is 1. The highest BCUT2D eigenvalue weighted by molar-refractivity contribution is 7.92. The first-order chi connectivity index (χ1) is 15.9. The largest absolute Gasteiger partial charge is 0.390 e. The number of halogens is 2. The summed E-state index contributed by atoms with van der Waals surface area (Å²) in [6.45, 7) is 5.63. The molecular weight excluding hydrogens is 460 g/mol. The maximum Gasteiger partial charge on any atom is 0.255 e. The summed E-state index contributed by atoms with van der Waals surface area (Å²) in [5.74, 6) is -2.88. The van der Waals surface area contributed by atoms with Crippen LogP contribution in [0.3, 0.4) is 0 Å². The molecule has 0 radical (unpaired) electrons. The zero-order valence-electron chi connectivity index (χ0n) is 19.6. The smallest absolute Gasteiger partial charge is 0.255 e. The van der Waals surface area contributed by atoms with Gasteiger partial charge in [-0.1, -0.05) is 26.3 Å². The maximum absolute atomic E-state index is 13.9. The molecule has 0 saturated heterocycles. The minimum absolute atomic E-state index is 0.0775. The van der Waals surface area contributed by atoms with Crippen LogP contribution in [-0.4, -0.2) is 30.3 Å². The minimum Gasteiger partial charge on any atom is -0.390 e. The molecule has 2 aliphatic rings. The fourth-order valence-corrected chi connectivity index (χ4v) is 7.37. The molecule has 5 nitrogen and oxygen atoms in total. The third kappa shape index (κ3) is 4.62. The lowest BCUT2D eigenvalue weighted by atomic mass is 9.69. The summed E-state index contributed by atoms with van der Waals surface area (Å²) in [6, 6.07) is 7.72. The number of aliphatic hydroxyl groups is 1. The van der Waals surface area contributed by atoms with Crippen molar-refractivity contribution in [3.05, 3.63) is 59.2 Å². The number of sulfone groups is 1. The molecule has 184 valence electrons. The Morgan fingerprint density at radius 1 is 1.12 bits per heavy atom. The SMILES string of the molecule is CCC1C[C@@H](S(=O)(=O)c2cc(C(=O)Nc3ccc(F)c(F)c3)ccc2C2CC2)C[C@H](C)[C@]1(C)O. The van der Waals surface area contributed by atoms with Gasteiger partial charge in [-0.3, -0.25) is 4.79 Å². The molecule has 4 rings (SSSR count). The average molecular weight is 492 g/mol. The van der Waals surface area contributed by atoms with Gasteiger partial charge in [-0.05, 0) is 80.2 Å². The monoisotopic (exact) mass is 491 g/mol. The van der Waals surface area contributed by atoms with Crippen LogP contribution in [0.5, 0.6) is 0 Å². The molecule has 8 heteroatoms. The number of hydrogen-bond donors (Lipinski definition) is 2. The predicted octanol–water partition coefficient (Wildman–Crippen LogP) is 5.44. The fourth-order valence-electron chi connectivity index (χ4n) is 5.13. The summed E-state index contributed by atoms with van der Waals surface area (Å²) in [4.78, 5) is 13.0. The van der Waals surface area contributed by atoms with Gasteiger partial charge in [0, 0.05) is 17.3 Å². The Bertz CT molecular complexity index is 1210. The number of benzene rings is 2. The standard InChI is InChI=1S/C26H31F2NO4S/c1-4-18-13-20(11-15(2)26(18,3)31)34(32,33)24-12-17(7-9-21(24)16-5-6-16)25(30)29-19-8-10-22(27)23(28)14-19/h7-10,12,14-16,18,20,31H,4-6,11,13H2,1-3H3,(H,29,30)/t15-,18?,20-,26-/m0/s1. The zero-order chi connectivity index (χ0) is 24.8. The molecule has 2 aliphatic carbocycles. The van der Waals surface area contributed by atoms with Gasteiger partial charge in [-0.2, -0.15) is 0 Å². The van der Waals surface area contributed by atoms with Gasteiger partial charge < -0.3 is 10.4 Å². The topological polar surface area (TPSA) is 83.5 Å². The van der Waals surface area contributed by atoms with Gasteiger partial charge in [0.1, 0.15) is 0 Å². The van der Waals surface area contributed by atoms with Crippen molar-refractivity contribution in [2.75, 3.05) is 5.32 Å². The van der Waals surface area contributed by atoms with Gasteiger partial charge in [-0.25, -0.2) is 17.2 Å². The second-order valence-corrected chi connectivity index (χ2v) is 12.2. The third-order valence-electron chi connectivity index (χ3n) is 7.70. The van der Waals surface area contributed by atoms with Crippen molar-refractivity contribution in [3.8, 4) is 0 Å². The summed E-state index contributed by atoms with van der Waals surface area (Å²) >= 11 is 0. The molecule has 34 heavy (non-hydrogen) atoms. The number of carbonyl (C=O) groups excluding carboxylic acids is 1. The molecule has 4 atom stereocenters. The van der Waals surface area contributed by atoms with Gasteiger partial charge in [0.15, 0.2) is 21.5 Å². The molecule has 2 N–H and O–H groups in total.